The number of aliphatic hydroxyl groups excluding tert-OH is 1. The maximum absolute atomic E-state index is 10.9. The molecule has 0 aromatic rings. The highest BCUT2D eigenvalue weighted by Gasteiger charge is 2.35. The Labute approximate surface area is 65.3 Å². The molecule has 4 heteroatoms. The summed E-state index contributed by atoms with van der Waals surface area (Å²) in [5.74, 6) is -0.470. The minimum Gasteiger partial charge on any atom is -0.469 e. The van der Waals surface area contributed by atoms with E-state index < -0.39 is 6.10 Å². The van der Waals surface area contributed by atoms with Crippen LogP contribution in [-0.2, 0) is 9.53 Å². The van der Waals surface area contributed by atoms with Gasteiger partial charge in [-0.3, -0.25) is 4.79 Å². The molecule has 3 N–H and O–H groups in total. The largest absolute Gasteiger partial charge is 0.469 e. The molecule has 0 aromatic heterocycles. The van der Waals surface area contributed by atoms with Crippen molar-refractivity contribution in [2.75, 3.05) is 7.11 Å². The Kier molecular flexibility index (Phi) is 2.46. The molecule has 1 aliphatic carbocycles. The highest BCUT2D eigenvalue weighted by atomic mass is 16.5. The molecule has 0 radical (unpaired) electrons. The van der Waals surface area contributed by atoms with Gasteiger partial charge in [0.05, 0.1) is 19.1 Å². The van der Waals surface area contributed by atoms with Crippen LogP contribution in [-0.4, -0.2) is 30.3 Å². The number of ether oxygens (including phenoxy) is 1. The van der Waals surface area contributed by atoms with Gasteiger partial charge in [-0.2, -0.15) is 0 Å². The van der Waals surface area contributed by atoms with Gasteiger partial charge in [0.25, 0.3) is 0 Å². The minimum absolute atomic E-state index is 0.204. The van der Waals surface area contributed by atoms with Gasteiger partial charge >= 0.3 is 5.97 Å². The van der Waals surface area contributed by atoms with Crippen LogP contribution in [0.2, 0.25) is 0 Å². The van der Waals surface area contributed by atoms with Crippen LogP contribution >= 0.6 is 0 Å². The van der Waals surface area contributed by atoms with Gasteiger partial charge in [-0.1, -0.05) is 0 Å². The summed E-state index contributed by atoms with van der Waals surface area (Å²) in [4.78, 5) is 10.9. The van der Waals surface area contributed by atoms with E-state index >= 15 is 0 Å². The summed E-state index contributed by atoms with van der Waals surface area (Å²) in [5, 5.41) is 9.18. The lowest BCUT2D eigenvalue weighted by atomic mass is 10.1. The fourth-order valence-electron chi connectivity index (χ4n) is 1.41. The Bertz CT molecular complexity index is 150. The lowest BCUT2D eigenvalue weighted by Gasteiger charge is -2.04. The van der Waals surface area contributed by atoms with Crippen LogP contribution in [0.5, 0.6) is 0 Å². The van der Waals surface area contributed by atoms with Crippen molar-refractivity contribution in [3.63, 3.8) is 0 Å². The third kappa shape index (κ3) is 1.70. The van der Waals surface area contributed by atoms with Gasteiger partial charge in [-0.05, 0) is 12.8 Å². The number of aliphatic hydroxyl groups is 1. The molecular formula is C7H13NO3. The first-order valence-electron chi connectivity index (χ1n) is 3.66. The van der Waals surface area contributed by atoms with Crippen molar-refractivity contribution in [1.29, 1.82) is 0 Å². The molecule has 0 aromatic carbocycles. The topological polar surface area (TPSA) is 72.5 Å². The highest BCUT2D eigenvalue weighted by Crippen LogP contribution is 2.25. The highest BCUT2D eigenvalue weighted by molar-refractivity contribution is 5.72. The van der Waals surface area contributed by atoms with Gasteiger partial charge < -0.3 is 15.6 Å². The van der Waals surface area contributed by atoms with Crippen molar-refractivity contribution in [2.45, 2.75) is 25.0 Å². The van der Waals surface area contributed by atoms with E-state index in [9.17, 15) is 9.90 Å². The Morgan fingerprint density at radius 3 is 2.64 bits per heavy atom. The van der Waals surface area contributed by atoms with E-state index in [0.29, 0.717) is 12.8 Å². The number of hydrogen-bond donors (Lipinski definition) is 2. The fraction of sp³-hybridized carbons (Fsp3) is 0.857. The molecule has 1 fully saturated rings. The normalized spacial score (nSPS) is 37.2. The first-order valence-corrected chi connectivity index (χ1v) is 3.66. The third-order valence-electron chi connectivity index (χ3n) is 2.11. The predicted molar refractivity (Wildman–Crippen MR) is 38.7 cm³/mol. The summed E-state index contributed by atoms with van der Waals surface area (Å²) < 4.78 is 4.53. The van der Waals surface area contributed by atoms with Gasteiger partial charge in [-0.25, -0.2) is 0 Å². The van der Waals surface area contributed by atoms with Crippen molar-refractivity contribution in [1.82, 2.24) is 0 Å². The Morgan fingerprint density at radius 2 is 2.27 bits per heavy atom. The number of carbonyl (C=O) groups is 1. The zero-order valence-corrected chi connectivity index (χ0v) is 6.49. The molecule has 0 amide bonds. The second-order valence-corrected chi connectivity index (χ2v) is 2.92. The van der Waals surface area contributed by atoms with E-state index in [1.807, 2.05) is 0 Å². The standard InChI is InChI=1S/C7H13NO3/c1-11-7(10)4-2-5(8)6(9)3-4/h4-6,9H,2-3,8H2,1H3/t4-,5?,6?/m0/s1. The molecule has 3 atom stereocenters. The van der Waals surface area contributed by atoms with Crippen molar-refractivity contribution in [3.05, 3.63) is 0 Å². The van der Waals surface area contributed by atoms with Crippen LogP contribution in [0.25, 0.3) is 0 Å². The lowest BCUT2D eigenvalue weighted by Crippen LogP contribution is -2.28. The quantitative estimate of drug-likeness (QED) is 0.494. The third-order valence-corrected chi connectivity index (χ3v) is 2.11. The van der Waals surface area contributed by atoms with Crippen molar-refractivity contribution in [2.24, 2.45) is 11.7 Å². The predicted octanol–water partition coefficient (Wildman–Crippen LogP) is -0.742. The van der Waals surface area contributed by atoms with E-state index in [1.54, 1.807) is 0 Å². The van der Waals surface area contributed by atoms with Gasteiger partial charge in [0.15, 0.2) is 0 Å². The van der Waals surface area contributed by atoms with Crippen molar-refractivity contribution in [3.8, 4) is 0 Å². The number of methoxy groups -OCH3 is 1. The van der Waals surface area contributed by atoms with Crippen molar-refractivity contribution >= 4 is 5.97 Å². The van der Waals surface area contributed by atoms with Gasteiger partial charge in [0, 0.05) is 6.04 Å². The zero-order chi connectivity index (χ0) is 8.43. The Hall–Kier alpha value is -0.610. The number of esters is 1. The van der Waals surface area contributed by atoms with Gasteiger partial charge in [0.2, 0.25) is 0 Å². The molecular weight excluding hydrogens is 146 g/mol. The summed E-state index contributed by atoms with van der Waals surface area (Å²) in [6, 6.07) is -0.265. The summed E-state index contributed by atoms with van der Waals surface area (Å²) in [7, 11) is 1.35. The van der Waals surface area contributed by atoms with Crippen molar-refractivity contribution < 1.29 is 14.6 Å². The molecule has 0 bridgehead atoms. The first kappa shape index (κ1) is 8.49. The molecule has 0 heterocycles. The van der Waals surface area contributed by atoms with Crippen LogP contribution in [0.1, 0.15) is 12.8 Å². The number of rotatable bonds is 1. The second-order valence-electron chi connectivity index (χ2n) is 2.92. The Morgan fingerprint density at radius 1 is 1.64 bits per heavy atom. The number of nitrogens with two attached hydrogens (primary N) is 1. The summed E-state index contributed by atoms with van der Waals surface area (Å²) >= 11 is 0. The average Bonchev–Trinajstić information content (AvgIpc) is 2.31. The Balaban J connectivity index is 2.46. The summed E-state index contributed by atoms with van der Waals surface area (Å²) in [6.45, 7) is 0. The summed E-state index contributed by atoms with van der Waals surface area (Å²) in [5.41, 5.74) is 5.50. The molecule has 1 saturated carbocycles. The SMILES string of the molecule is COC(=O)[C@H]1CC(N)C(O)C1. The van der Waals surface area contributed by atoms with E-state index in [1.165, 1.54) is 7.11 Å². The zero-order valence-electron chi connectivity index (χ0n) is 6.49. The molecule has 1 aliphatic rings. The van der Waals surface area contributed by atoms with E-state index in [0.717, 1.165) is 0 Å². The average molecular weight is 159 g/mol. The number of hydrogen-bond acceptors (Lipinski definition) is 4. The molecule has 1 rings (SSSR count). The molecule has 11 heavy (non-hydrogen) atoms. The smallest absolute Gasteiger partial charge is 0.308 e. The summed E-state index contributed by atoms with van der Waals surface area (Å²) in [6.07, 6.45) is 0.431. The minimum atomic E-state index is -0.543. The van der Waals surface area contributed by atoms with Crippen LogP contribution in [0.4, 0.5) is 0 Å². The maximum Gasteiger partial charge on any atom is 0.308 e. The molecule has 4 nitrogen and oxygen atoms in total. The molecule has 0 spiro atoms. The van der Waals surface area contributed by atoms with E-state index in [-0.39, 0.29) is 17.9 Å². The lowest BCUT2D eigenvalue weighted by molar-refractivity contribution is -0.145. The van der Waals surface area contributed by atoms with E-state index in [4.69, 9.17) is 5.73 Å². The number of carbonyl (C=O) groups excluding carboxylic acids is 1. The fourth-order valence-corrected chi connectivity index (χ4v) is 1.41. The van der Waals surface area contributed by atoms with Gasteiger partial charge in [0.1, 0.15) is 0 Å². The molecule has 0 saturated heterocycles. The monoisotopic (exact) mass is 159 g/mol. The van der Waals surface area contributed by atoms with Crippen LogP contribution in [0, 0.1) is 5.92 Å². The van der Waals surface area contributed by atoms with Gasteiger partial charge in [-0.15, -0.1) is 0 Å². The van der Waals surface area contributed by atoms with Crippen LogP contribution in [0.15, 0.2) is 0 Å². The molecule has 0 aliphatic heterocycles. The van der Waals surface area contributed by atoms with Crippen LogP contribution < -0.4 is 5.73 Å². The first-order chi connectivity index (χ1) is 5.15. The molecule has 64 valence electrons. The van der Waals surface area contributed by atoms with E-state index in [2.05, 4.69) is 4.74 Å². The van der Waals surface area contributed by atoms with Crippen LogP contribution in [0.3, 0.4) is 0 Å². The maximum atomic E-state index is 10.9. The second kappa shape index (κ2) is 3.19. The molecule has 2 unspecified atom stereocenters.